The molecule has 2 atom stereocenters. The number of benzene rings is 1. The highest BCUT2D eigenvalue weighted by molar-refractivity contribution is 7.88. The number of sulfonamides is 1. The van der Waals surface area contributed by atoms with Gasteiger partial charge in [0.25, 0.3) is 0 Å². The third kappa shape index (κ3) is 3.71. The lowest BCUT2D eigenvalue weighted by atomic mass is 10.1. The molecule has 2 bridgehead atoms. The molecule has 2 aliphatic heterocycles. The fourth-order valence-electron chi connectivity index (χ4n) is 3.16. The van der Waals surface area contributed by atoms with Gasteiger partial charge >= 0.3 is 0 Å². The zero-order valence-corrected chi connectivity index (χ0v) is 13.9. The maximum atomic E-state index is 12.6. The summed E-state index contributed by atoms with van der Waals surface area (Å²) in [5.74, 6) is -0.0509. The molecule has 1 aromatic rings. The van der Waals surface area contributed by atoms with Gasteiger partial charge in [-0.05, 0) is 43.0 Å². The smallest absolute Gasteiger partial charge is 0.218 e. The van der Waals surface area contributed by atoms with Crippen LogP contribution in [0.1, 0.15) is 24.8 Å². The molecule has 2 aliphatic rings. The van der Waals surface area contributed by atoms with E-state index in [1.807, 2.05) is 0 Å². The van der Waals surface area contributed by atoms with Gasteiger partial charge in [-0.3, -0.25) is 0 Å². The van der Waals surface area contributed by atoms with Crippen LogP contribution in [0.4, 0.5) is 0 Å². The average Bonchev–Trinajstić information content (AvgIpc) is 2.65. The minimum atomic E-state index is -3.34. The van der Waals surface area contributed by atoms with Gasteiger partial charge < -0.3 is 5.32 Å². The molecule has 21 heavy (non-hydrogen) atoms. The molecular weight excluding hydrogens is 331 g/mol. The lowest BCUT2D eigenvalue weighted by Gasteiger charge is -2.23. The second kappa shape index (κ2) is 6.05. The zero-order chi connectivity index (χ0) is 15.0. The molecule has 1 N–H and O–H groups in total. The van der Waals surface area contributed by atoms with E-state index in [0.717, 1.165) is 19.3 Å². The van der Waals surface area contributed by atoms with Crippen LogP contribution in [0.3, 0.4) is 0 Å². The molecule has 0 aliphatic carbocycles. The molecule has 2 heterocycles. The molecule has 116 valence electrons. The van der Waals surface area contributed by atoms with Crippen LogP contribution in [-0.2, 0) is 15.8 Å². The van der Waals surface area contributed by atoms with Crippen molar-refractivity contribution in [1.29, 1.82) is 0 Å². The standard InChI is InChI=1S/C14H18Cl2N2O2S/c15-11-5-10(6-12(16)7-11)9-21(19,20)18-4-3-13-1-2-14(8-18)17-13/h5-7,13-14,17H,1-4,8-9H2/t13-,14+/m1/s1. The highest BCUT2D eigenvalue weighted by atomic mass is 35.5. The molecule has 1 aromatic carbocycles. The van der Waals surface area contributed by atoms with Crippen molar-refractivity contribution in [2.75, 3.05) is 13.1 Å². The van der Waals surface area contributed by atoms with Crippen LogP contribution in [0.25, 0.3) is 0 Å². The van der Waals surface area contributed by atoms with Gasteiger partial charge in [-0.25, -0.2) is 12.7 Å². The van der Waals surface area contributed by atoms with Crippen LogP contribution in [0.2, 0.25) is 10.0 Å². The van der Waals surface area contributed by atoms with Crippen molar-refractivity contribution in [1.82, 2.24) is 9.62 Å². The Morgan fingerprint density at radius 2 is 1.76 bits per heavy atom. The largest absolute Gasteiger partial charge is 0.310 e. The van der Waals surface area contributed by atoms with Crippen molar-refractivity contribution < 1.29 is 8.42 Å². The third-order valence-electron chi connectivity index (χ3n) is 4.15. The Hall–Kier alpha value is -0.330. The molecule has 0 spiro atoms. The van der Waals surface area contributed by atoms with Gasteiger partial charge in [0.05, 0.1) is 5.75 Å². The highest BCUT2D eigenvalue weighted by Crippen LogP contribution is 2.25. The van der Waals surface area contributed by atoms with Crippen molar-refractivity contribution in [3.8, 4) is 0 Å². The van der Waals surface area contributed by atoms with Crippen molar-refractivity contribution in [3.05, 3.63) is 33.8 Å². The molecule has 2 fully saturated rings. The molecule has 0 radical (unpaired) electrons. The number of rotatable bonds is 3. The molecule has 0 saturated carbocycles. The predicted octanol–water partition coefficient (Wildman–Crippen LogP) is 2.65. The van der Waals surface area contributed by atoms with Gasteiger partial charge in [0, 0.05) is 35.2 Å². The first-order valence-corrected chi connectivity index (χ1v) is 9.48. The molecule has 4 nitrogen and oxygen atoms in total. The van der Waals surface area contributed by atoms with Gasteiger partial charge in [-0.1, -0.05) is 23.2 Å². The summed E-state index contributed by atoms with van der Waals surface area (Å²) in [7, 11) is -3.34. The van der Waals surface area contributed by atoms with Crippen LogP contribution in [0.5, 0.6) is 0 Å². The summed E-state index contributed by atoms with van der Waals surface area (Å²) >= 11 is 11.9. The van der Waals surface area contributed by atoms with E-state index in [9.17, 15) is 8.42 Å². The lowest BCUT2D eigenvalue weighted by molar-refractivity contribution is 0.383. The zero-order valence-electron chi connectivity index (χ0n) is 11.6. The molecule has 3 rings (SSSR count). The second-order valence-electron chi connectivity index (χ2n) is 5.82. The molecule has 2 saturated heterocycles. The summed E-state index contributed by atoms with van der Waals surface area (Å²) in [6, 6.07) is 5.68. The first-order valence-electron chi connectivity index (χ1n) is 7.11. The van der Waals surface area contributed by atoms with Crippen LogP contribution >= 0.6 is 23.2 Å². The van der Waals surface area contributed by atoms with E-state index >= 15 is 0 Å². The number of nitrogens with zero attached hydrogens (tertiary/aromatic N) is 1. The van der Waals surface area contributed by atoms with Gasteiger partial charge in [-0.2, -0.15) is 0 Å². The van der Waals surface area contributed by atoms with E-state index < -0.39 is 10.0 Å². The fraction of sp³-hybridized carbons (Fsp3) is 0.571. The maximum absolute atomic E-state index is 12.6. The van der Waals surface area contributed by atoms with Gasteiger partial charge in [0.2, 0.25) is 10.0 Å². The molecule has 0 unspecified atom stereocenters. The van der Waals surface area contributed by atoms with E-state index in [4.69, 9.17) is 23.2 Å². The van der Waals surface area contributed by atoms with E-state index in [1.54, 1.807) is 22.5 Å². The average molecular weight is 349 g/mol. The number of hydrogen-bond acceptors (Lipinski definition) is 3. The Morgan fingerprint density at radius 1 is 1.10 bits per heavy atom. The minimum absolute atomic E-state index is 0.0509. The summed E-state index contributed by atoms with van der Waals surface area (Å²) in [6.07, 6.45) is 3.09. The monoisotopic (exact) mass is 348 g/mol. The Labute approximate surface area is 135 Å². The van der Waals surface area contributed by atoms with Crippen LogP contribution in [0.15, 0.2) is 18.2 Å². The predicted molar refractivity (Wildman–Crippen MR) is 85.2 cm³/mol. The number of hydrogen-bond donors (Lipinski definition) is 1. The summed E-state index contributed by atoms with van der Waals surface area (Å²) in [5.41, 5.74) is 0.634. The Bertz CT molecular complexity index is 616. The van der Waals surface area contributed by atoms with E-state index in [0.29, 0.717) is 34.7 Å². The van der Waals surface area contributed by atoms with Crippen molar-refractivity contribution >= 4 is 33.2 Å². The van der Waals surface area contributed by atoms with Gasteiger partial charge in [-0.15, -0.1) is 0 Å². The second-order valence-corrected chi connectivity index (χ2v) is 8.66. The normalized spacial score (nSPS) is 26.8. The van der Waals surface area contributed by atoms with E-state index in [1.165, 1.54) is 0 Å². The van der Waals surface area contributed by atoms with E-state index in [2.05, 4.69) is 5.32 Å². The summed E-state index contributed by atoms with van der Waals surface area (Å²) in [6.45, 7) is 1.15. The number of halogens is 2. The summed E-state index contributed by atoms with van der Waals surface area (Å²) in [5, 5.41) is 4.41. The van der Waals surface area contributed by atoms with E-state index in [-0.39, 0.29) is 11.8 Å². The van der Waals surface area contributed by atoms with Crippen LogP contribution < -0.4 is 5.32 Å². The first kappa shape index (κ1) is 15.6. The number of nitrogens with one attached hydrogen (secondary N) is 1. The Morgan fingerprint density at radius 3 is 2.48 bits per heavy atom. The molecule has 0 amide bonds. The van der Waals surface area contributed by atoms with Gasteiger partial charge in [0.1, 0.15) is 0 Å². The summed E-state index contributed by atoms with van der Waals surface area (Å²) in [4.78, 5) is 0. The third-order valence-corrected chi connectivity index (χ3v) is 6.40. The quantitative estimate of drug-likeness (QED) is 0.913. The maximum Gasteiger partial charge on any atom is 0.218 e. The fourth-order valence-corrected chi connectivity index (χ4v) is 5.29. The van der Waals surface area contributed by atoms with Gasteiger partial charge in [0.15, 0.2) is 0 Å². The minimum Gasteiger partial charge on any atom is -0.310 e. The topological polar surface area (TPSA) is 49.4 Å². The lowest BCUT2D eigenvalue weighted by Crippen LogP contribution is -2.39. The SMILES string of the molecule is O=S(=O)(Cc1cc(Cl)cc(Cl)c1)N1CC[C@H]2CC[C@@H](C1)N2. The number of fused-ring (bicyclic) bond motifs is 2. The van der Waals surface area contributed by atoms with Crippen LogP contribution in [0, 0.1) is 0 Å². The molecule has 0 aromatic heterocycles. The van der Waals surface area contributed by atoms with Crippen molar-refractivity contribution in [3.63, 3.8) is 0 Å². The van der Waals surface area contributed by atoms with Crippen LogP contribution in [-0.4, -0.2) is 37.9 Å². The molecular formula is C14H18Cl2N2O2S. The molecule has 7 heteroatoms. The Balaban J connectivity index is 1.77. The van der Waals surface area contributed by atoms with Crippen molar-refractivity contribution in [2.24, 2.45) is 0 Å². The summed E-state index contributed by atoms with van der Waals surface area (Å²) < 4.78 is 26.8. The van der Waals surface area contributed by atoms with Crippen molar-refractivity contribution in [2.45, 2.75) is 37.1 Å². The highest BCUT2D eigenvalue weighted by Gasteiger charge is 2.34. The first-order chi connectivity index (χ1) is 9.92. The Kier molecular flexibility index (Phi) is 4.48.